The Morgan fingerprint density at radius 1 is 1.10 bits per heavy atom. The smallest absolute Gasteiger partial charge is 0.317 e. The average Bonchev–Trinajstić information content (AvgIpc) is 3.16. The number of carbonyl (C=O) groups is 1. The monoisotopic (exact) mass is 411 g/mol. The van der Waals surface area contributed by atoms with Crippen molar-refractivity contribution < 1.29 is 14.6 Å². The maximum absolute atomic E-state index is 11.7. The van der Waals surface area contributed by atoms with Crippen LogP contribution < -0.4 is 4.74 Å². The molecule has 0 saturated heterocycles. The fourth-order valence-corrected chi connectivity index (χ4v) is 3.98. The van der Waals surface area contributed by atoms with Gasteiger partial charge in [-0.1, -0.05) is 49.7 Å². The standard InChI is InChI=1S/C22H25N3O3S/c1-3-5-11-19(21(26)27)29-22-24-23-20(25(22)17-9-7-6-8-10-17)16-12-14-18(15-13-16)28-4-2/h6-10,12-15,19H,3-5,11H2,1-2H3,(H,26,27). The Morgan fingerprint density at radius 2 is 1.83 bits per heavy atom. The Bertz CT molecular complexity index is 926. The van der Waals surface area contributed by atoms with Crippen LogP contribution in [0.5, 0.6) is 5.75 Å². The van der Waals surface area contributed by atoms with E-state index in [-0.39, 0.29) is 0 Å². The zero-order chi connectivity index (χ0) is 20.6. The van der Waals surface area contributed by atoms with Crippen molar-refractivity contribution in [3.05, 3.63) is 54.6 Å². The van der Waals surface area contributed by atoms with E-state index in [2.05, 4.69) is 17.1 Å². The number of hydrogen-bond donors (Lipinski definition) is 1. The Morgan fingerprint density at radius 3 is 2.45 bits per heavy atom. The van der Waals surface area contributed by atoms with Gasteiger partial charge >= 0.3 is 5.97 Å². The lowest BCUT2D eigenvalue weighted by atomic mass is 10.2. The van der Waals surface area contributed by atoms with Crippen molar-refractivity contribution in [3.8, 4) is 22.8 Å². The topological polar surface area (TPSA) is 77.2 Å². The van der Waals surface area contributed by atoms with Gasteiger partial charge in [0.1, 0.15) is 11.0 Å². The second-order valence-electron chi connectivity index (χ2n) is 6.52. The van der Waals surface area contributed by atoms with Gasteiger partial charge in [-0.15, -0.1) is 10.2 Å². The number of hydrogen-bond acceptors (Lipinski definition) is 5. The molecule has 1 N–H and O–H groups in total. The number of carboxylic acids is 1. The van der Waals surface area contributed by atoms with E-state index in [4.69, 9.17) is 4.74 Å². The van der Waals surface area contributed by atoms with E-state index in [1.807, 2.05) is 66.1 Å². The minimum Gasteiger partial charge on any atom is -0.494 e. The van der Waals surface area contributed by atoms with E-state index < -0.39 is 11.2 Å². The number of aliphatic carboxylic acids is 1. The highest BCUT2D eigenvalue weighted by Gasteiger charge is 2.24. The molecule has 0 saturated carbocycles. The first kappa shape index (κ1) is 20.9. The molecule has 0 fully saturated rings. The van der Waals surface area contributed by atoms with Crippen LogP contribution in [0.3, 0.4) is 0 Å². The summed E-state index contributed by atoms with van der Waals surface area (Å²) in [5, 5.41) is 18.4. The van der Waals surface area contributed by atoms with Crippen molar-refractivity contribution in [2.45, 2.75) is 43.5 Å². The van der Waals surface area contributed by atoms with E-state index in [0.29, 0.717) is 24.0 Å². The number of benzene rings is 2. The first-order valence-electron chi connectivity index (χ1n) is 9.77. The second-order valence-corrected chi connectivity index (χ2v) is 7.69. The molecule has 29 heavy (non-hydrogen) atoms. The molecule has 1 atom stereocenters. The molecular weight excluding hydrogens is 386 g/mol. The van der Waals surface area contributed by atoms with Gasteiger partial charge in [-0.3, -0.25) is 9.36 Å². The average molecular weight is 412 g/mol. The normalized spacial score (nSPS) is 11.9. The zero-order valence-corrected chi connectivity index (χ0v) is 17.4. The van der Waals surface area contributed by atoms with Gasteiger partial charge in [-0.05, 0) is 49.7 Å². The molecule has 152 valence electrons. The van der Waals surface area contributed by atoms with Crippen molar-refractivity contribution in [1.29, 1.82) is 0 Å². The number of thioether (sulfide) groups is 1. The van der Waals surface area contributed by atoms with Gasteiger partial charge in [0, 0.05) is 11.3 Å². The Labute approximate surface area is 174 Å². The van der Waals surface area contributed by atoms with Gasteiger partial charge in [0.25, 0.3) is 0 Å². The number of para-hydroxylation sites is 1. The SMILES string of the molecule is CCCCC(Sc1nnc(-c2ccc(OCC)cc2)n1-c1ccccc1)C(=O)O. The lowest BCUT2D eigenvalue weighted by Gasteiger charge is -2.14. The highest BCUT2D eigenvalue weighted by atomic mass is 32.2. The molecule has 0 aliphatic heterocycles. The molecule has 2 aromatic carbocycles. The van der Waals surface area contributed by atoms with Crippen molar-refractivity contribution in [2.24, 2.45) is 0 Å². The van der Waals surface area contributed by atoms with Gasteiger partial charge in [-0.2, -0.15) is 0 Å². The quantitative estimate of drug-likeness (QED) is 0.470. The predicted octanol–water partition coefficient (Wildman–Crippen LogP) is 5.07. The molecule has 1 heterocycles. The van der Waals surface area contributed by atoms with Crippen LogP contribution in [0.4, 0.5) is 0 Å². The summed E-state index contributed by atoms with van der Waals surface area (Å²) in [6.07, 6.45) is 2.40. The number of aromatic nitrogens is 3. The number of ether oxygens (including phenoxy) is 1. The van der Waals surface area contributed by atoms with Gasteiger partial charge in [0.15, 0.2) is 11.0 Å². The first-order chi connectivity index (χ1) is 14.1. The molecule has 3 aromatic rings. The lowest BCUT2D eigenvalue weighted by Crippen LogP contribution is -2.17. The van der Waals surface area contributed by atoms with Crippen LogP contribution in [0, 0.1) is 0 Å². The summed E-state index contributed by atoms with van der Waals surface area (Å²) in [7, 11) is 0. The molecule has 0 spiro atoms. The van der Waals surface area contributed by atoms with Crippen molar-refractivity contribution in [2.75, 3.05) is 6.61 Å². The molecule has 6 nitrogen and oxygen atoms in total. The molecule has 1 aromatic heterocycles. The summed E-state index contributed by atoms with van der Waals surface area (Å²) in [6, 6.07) is 17.4. The first-order valence-corrected chi connectivity index (χ1v) is 10.7. The number of rotatable bonds is 10. The molecule has 0 bridgehead atoms. The molecule has 0 amide bonds. The molecule has 3 rings (SSSR count). The lowest BCUT2D eigenvalue weighted by molar-refractivity contribution is -0.136. The Hall–Kier alpha value is -2.80. The molecular formula is C22H25N3O3S. The van der Waals surface area contributed by atoms with Crippen LogP contribution in [0.15, 0.2) is 59.8 Å². The van der Waals surface area contributed by atoms with Crippen molar-refractivity contribution in [3.63, 3.8) is 0 Å². The van der Waals surface area contributed by atoms with E-state index in [1.165, 1.54) is 11.8 Å². The molecule has 1 unspecified atom stereocenters. The maximum Gasteiger partial charge on any atom is 0.317 e. The van der Waals surface area contributed by atoms with Gasteiger partial charge in [-0.25, -0.2) is 0 Å². The Balaban J connectivity index is 2.00. The fraction of sp³-hybridized carbons (Fsp3) is 0.318. The fourth-order valence-electron chi connectivity index (χ4n) is 2.96. The van der Waals surface area contributed by atoms with Crippen LogP contribution in [-0.4, -0.2) is 37.7 Å². The van der Waals surface area contributed by atoms with E-state index >= 15 is 0 Å². The highest BCUT2D eigenvalue weighted by Crippen LogP contribution is 2.32. The van der Waals surface area contributed by atoms with Crippen LogP contribution in [0.25, 0.3) is 17.1 Å². The second kappa shape index (κ2) is 10.1. The number of unbranched alkanes of at least 4 members (excludes halogenated alkanes) is 1. The third-order valence-corrected chi connectivity index (χ3v) is 5.61. The summed E-state index contributed by atoms with van der Waals surface area (Å²) in [5.74, 6) is 0.636. The van der Waals surface area contributed by atoms with Gasteiger partial charge < -0.3 is 9.84 Å². The van der Waals surface area contributed by atoms with E-state index in [1.54, 1.807) is 0 Å². The van der Waals surface area contributed by atoms with Crippen molar-refractivity contribution >= 4 is 17.7 Å². The third-order valence-electron chi connectivity index (χ3n) is 4.41. The molecule has 0 aliphatic carbocycles. The Kier molecular flexibility index (Phi) is 7.30. The minimum atomic E-state index is -0.825. The van der Waals surface area contributed by atoms with Crippen LogP contribution in [0.1, 0.15) is 33.1 Å². The minimum absolute atomic E-state index is 0.560. The summed E-state index contributed by atoms with van der Waals surface area (Å²) in [6.45, 7) is 4.61. The predicted molar refractivity (Wildman–Crippen MR) is 115 cm³/mol. The van der Waals surface area contributed by atoms with Gasteiger partial charge in [0.2, 0.25) is 0 Å². The van der Waals surface area contributed by atoms with Gasteiger partial charge in [0.05, 0.1) is 6.61 Å². The van der Waals surface area contributed by atoms with Crippen molar-refractivity contribution in [1.82, 2.24) is 14.8 Å². The van der Waals surface area contributed by atoms with E-state index in [9.17, 15) is 9.90 Å². The summed E-state index contributed by atoms with van der Waals surface area (Å²) >= 11 is 1.25. The highest BCUT2D eigenvalue weighted by molar-refractivity contribution is 8.00. The zero-order valence-electron chi connectivity index (χ0n) is 16.6. The maximum atomic E-state index is 11.7. The van der Waals surface area contributed by atoms with Crippen LogP contribution in [0.2, 0.25) is 0 Å². The largest absolute Gasteiger partial charge is 0.494 e. The molecule has 7 heteroatoms. The molecule has 0 aliphatic rings. The van der Waals surface area contributed by atoms with Crippen LogP contribution in [-0.2, 0) is 4.79 Å². The molecule has 0 radical (unpaired) electrons. The van der Waals surface area contributed by atoms with Crippen LogP contribution >= 0.6 is 11.8 Å². The number of carboxylic acid groups (broad SMARTS) is 1. The van der Waals surface area contributed by atoms with E-state index in [0.717, 1.165) is 29.8 Å². The summed E-state index contributed by atoms with van der Waals surface area (Å²) in [5.41, 5.74) is 1.78. The summed E-state index contributed by atoms with van der Waals surface area (Å²) in [4.78, 5) is 11.7. The third kappa shape index (κ3) is 5.17. The summed E-state index contributed by atoms with van der Waals surface area (Å²) < 4.78 is 7.44. The number of nitrogens with zero attached hydrogens (tertiary/aromatic N) is 3.